The second-order valence-corrected chi connectivity index (χ2v) is 11.3. The van der Waals surface area contributed by atoms with Gasteiger partial charge in [0.1, 0.15) is 6.04 Å². The van der Waals surface area contributed by atoms with Gasteiger partial charge in [-0.25, -0.2) is 8.42 Å². The molecule has 1 N–H and O–H groups in total. The summed E-state index contributed by atoms with van der Waals surface area (Å²) in [6.45, 7) is 5.93. The quantitative estimate of drug-likeness (QED) is 0.415. The van der Waals surface area contributed by atoms with Crippen LogP contribution >= 0.6 is 23.2 Å². The second-order valence-electron chi connectivity index (χ2n) is 8.56. The Kier molecular flexibility index (Phi) is 10.9. The van der Waals surface area contributed by atoms with E-state index in [2.05, 4.69) is 5.32 Å². The van der Waals surface area contributed by atoms with Gasteiger partial charge in [-0.15, -0.1) is 0 Å². The lowest BCUT2D eigenvalue weighted by atomic mass is 10.1. The van der Waals surface area contributed by atoms with Crippen molar-refractivity contribution in [3.8, 4) is 0 Å². The molecule has 0 spiro atoms. The molecule has 2 aromatic carbocycles. The van der Waals surface area contributed by atoms with Crippen molar-refractivity contribution < 1.29 is 18.0 Å². The first-order valence-corrected chi connectivity index (χ1v) is 14.1. The number of sulfonamides is 1. The number of halogens is 2. The molecule has 2 amide bonds. The Morgan fingerprint density at radius 1 is 0.971 bits per heavy atom. The van der Waals surface area contributed by atoms with E-state index in [0.717, 1.165) is 18.2 Å². The fourth-order valence-electron chi connectivity index (χ4n) is 3.45. The molecule has 0 heterocycles. The van der Waals surface area contributed by atoms with Gasteiger partial charge in [-0.05, 0) is 68.7 Å². The van der Waals surface area contributed by atoms with E-state index in [4.69, 9.17) is 23.2 Å². The fourth-order valence-corrected chi connectivity index (χ4v) is 4.66. The van der Waals surface area contributed by atoms with Crippen LogP contribution in [0.2, 0.25) is 10.0 Å². The summed E-state index contributed by atoms with van der Waals surface area (Å²) in [4.78, 5) is 27.6. The topological polar surface area (TPSA) is 86.8 Å². The zero-order valence-electron chi connectivity index (χ0n) is 20.5. The Labute approximate surface area is 218 Å². The highest BCUT2D eigenvalue weighted by atomic mass is 35.5. The summed E-state index contributed by atoms with van der Waals surface area (Å²) in [5.41, 5.74) is 1.31. The number of rotatable bonds is 12. The minimum atomic E-state index is -3.56. The molecule has 0 saturated carbocycles. The van der Waals surface area contributed by atoms with Gasteiger partial charge < -0.3 is 10.2 Å². The Balaban J connectivity index is 2.15. The number of carbonyl (C=O) groups is 2. The first kappa shape index (κ1) is 28.9. The van der Waals surface area contributed by atoms with Gasteiger partial charge in [0, 0.05) is 35.6 Å². The summed E-state index contributed by atoms with van der Waals surface area (Å²) in [7, 11) is -3.56. The minimum Gasteiger partial charge on any atom is -0.352 e. The highest BCUT2D eigenvalue weighted by Gasteiger charge is 2.27. The van der Waals surface area contributed by atoms with E-state index in [9.17, 15) is 18.0 Å². The van der Waals surface area contributed by atoms with Crippen LogP contribution in [0.3, 0.4) is 0 Å². The van der Waals surface area contributed by atoms with E-state index in [1.165, 1.54) is 9.21 Å². The third-order valence-corrected chi connectivity index (χ3v) is 7.40. The molecule has 0 aliphatic heterocycles. The van der Waals surface area contributed by atoms with Crippen LogP contribution in [0.5, 0.6) is 0 Å². The highest BCUT2D eigenvalue weighted by molar-refractivity contribution is 7.92. The van der Waals surface area contributed by atoms with Gasteiger partial charge in [-0.2, -0.15) is 0 Å². The number of benzene rings is 2. The smallest absolute Gasteiger partial charge is 0.242 e. The lowest BCUT2D eigenvalue weighted by Gasteiger charge is -2.30. The van der Waals surface area contributed by atoms with E-state index in [1.54, 1.807) is 43.3 Å². The maximum Gasteiger partial charge on any atom is 0.242 e. The molecular formula is C25H33Cl2N3O4S. The van der Waals surface area contributed by atoms with Crippen LogP contribution in [0.25, 0.3) is 0 Å². The van der Waals surface area contributed by atoms with Gasteiger partial charge in [0.05, 0.1) is 11.9 Å². The van der Waals surface area contributed by atoms with Gasteiger partial charge in [0.2, 0.25) is 21.8 Å². The molecule has 0 unspecified atom stereocenters. The molecule has 0 bridgehead atoms. The lowest BCUT2D eigenvalue weighted by molar-refractivity contribution is -0.140. The molecule has 0 fully saturated rings. The van der Waals surface area contributed by atoms with Crippen molar-refractivity contribution in [2.75, 3.05) is 17.1 Å². The number of hydrogen-bond donors (Lipinski definition) is 1. The monoisotopic (exact) mass is 541 g/mol. The van der Waals surface area contributed by atoms with Crippen molar-refractivity contribution in [1.29, 1.82) is 0 Å². The molecule has 35 heavy (non-hydrogen) atoms. The van der Waals surface area contributed by atoms with Crippen molar-refractivity contribution in [2.24, 2.45) is 0 Å². The van der Waals surface area contributed by atoms with Gasteiger partial charge in [0.25, 0.3) is 0 Å². The van der Waals surface area contributed by atoms with E-state index in [0.29, 0.717) is 15.7 Å². The Hall–Kier alpha value is -2.29. The lowest BCUT2D eigenvalue weighted by Crippen LogP contribution is -2.49. The van der Waals surface area contributed by atoms with Gasteiger partial charge in [0.15, 0.2) is 0 Å². The Morgan fingerprint density at radius 2 is 1.51 bits per heavy atom. The number of amides is 2. The zero-order valence-corrected chi connectivity index (χ0v) is 22.8. The van der Waals surface area contributed by atoms with Crippen molar-refractivity contribution in [1.82, 2.24) is 10.2 Å². The van der Waals surface area contributed by atoms with Crippen LogP contribution < -0.4 is 9.62 Å². The molecule has 0 aliphatic carbocycles. The molecule has 2 atom stereocenters. The van der Waals surface area contributed by atoms with Crippen molar-refractivity contribution >= 4 is 50.7 Å². The van der Waals surface area contributed by atoms with Crippen LogP contribution in [-0.2, 0) is 26.2 Å². The summed E-state index contributed by atoms with van der Waals surface area (Å²) in [6, 6.07) is 12.9. The zero-order chi connectivity index (χ0) is 26.2. The van der Waals surface area contributed by atoms with Gasteiger partial charge >= 0.3 is 0 Å². The molecule has 10 heteroatoms. The molecular weight excluding hydrogens is 509 g/mol. The molecule has 2 rings (SSSR count). The van der Waals surface area contributed by atoms with E-state index in [1.807, 2.05) is 26.0 Å². The molecule has 0 saturated heterocycles. The van der Waals surface area contributed by atoms with E-state index < -0.39 is 16.1 Å². The molecule has 0 aromatic heterocycles. The minimum absolute atomic E-state index is 0.0138. The van der Waals surface area contributed by atoms with Crippen LogP contribution in [0.1, 0.15) is 45.6 Å². The number of anilines is 1. The predicted octanol–water partition coefficient (Wildman–Crippen LogP) is 4.87. The third kappa shape index (κ3) is 9.02. The standard InChI is InChI=1S/C25H33Cl2N3O4S/c1-5-18(2)28-25(32)19(3)29(17-20-8-10-21(26)11-9-20)24(31)7-6-16-30(35(4,33)34)23-14-12-22(27)13-15-23/h8-15,18-19H,5-7,16-17H2,1-4H3,(H,28,32)/t18-,19-/m1/s1. The summed E-state index contributed by atoms with van der Waals surface area (Å²) >= 11 is 11.9. The van der Waals surface area contributed by atoms with Crippen molar-refractivity contribution in [3.05, 3.63) is 64.1 Å². The van der Waals surface area contributed by atoms with E-state index >= 15 is 0 Å². The number of carbonyl (C=O) groups excluding carboxylic acids is 2. The largest absolute Gasteiger partial charge is 0.352 e. The summed E-state index contributed by atoms with van der Waals surface area (Å²) in [6.07, 6.45) is 2.26. The Bertz CT molecular complexity index is 1090. The highest BCUT2D eigenvalue weighted by Crippen LogP contribution is 2.21. The maximum atomic E-state index is 13.3. The molecule has 0 radical (unpaired) electrons. The maximum absolute atomic E-state index is 13.3. The SMILES string of the molecule is CC[C@@H](C)NC(=O)[C@@H](C)N(Cc1ccc(Cl)cc1)C(=O)CCCN(c1ccc(Cl)cc1)S(C)(=O)=O. The van der Waals surface area contributed by atoms with Crippen LogP contribution in [0, 0.1) is 0 Å². The molecule has 2 aromatic rings. The summed E-state index contributed by atoms with van der Waals surface area (Å²) < 4.78 is 26.0. The molecule has 7 nitrogen and oxygen atoms in total. The first-order valence-electron chi connectivity index (χ1n) is 11.5. The number of nitrogens with one attached hydrogen (secondary N) is 1. The fraction of sp³-hybridized carbons (Fsp3) is 0.440. The average molecular weight is 543 g/mol. The second kappa shape index (κ2) is 13.1. The number of hydrogen-bond acceptors (Lipinski definition) is 4. The predicted molar refractivity (Wildman–Crippen MR) is 142 cm³/mol. The van der Waals surface area contributed by atoms with Crippen molar-refractivity contribution in [3.63, 3.8) is 0 Å². The van der Waals surface area contributed by atoms with Gasteiger partial charge in [-0.1, -0.05) is 42.3 Å². The normalized spacial score (nSPS) is 13.1. The Morgan fingerprint density at radius 3 is 2.03 bits per heavy atom. The first-order chi connectivity index (χ1) is 16.4. The third-order valence-electron chi connectivity index (χ3n) is 5.70. The van der Waals surface area contributed by atoms with Crippen molar-refractivity contribution in [2.45, 2.75) is 58.7 Å². The average Bonchev–Trinajstić information content (AvgIpc) is 2.80. The van der Waals surface area contributed by atoms with Crippen LogP contribution in [-0.4, -0.2) is 50.0 Å². The molecule has 0 aliphatic rings. The summed E-state index contributed by atoms with van der Waals surface area (Å²) in [5, 5.41) is 4.01. The molecule has 192 valence electrons. The summed E-state index contributed by atoms with van der Waals surface area (Å²) in [5.74, 6) is -0.475. The number of nitrogens with zero attached hydrogens (tertiary/aromatic N) is 2. The van der Waals surface area contributed by atoms with Gasteiger partial charge in [-0.3, -0.25) is 13.9 Å². The van der Waals surface area contributed by atoms with Crippen LogP contribution in [0.4, 0.5) is 5.69 Å². The van der Waals surface area contributed by atoms with E-state index in [-0.39, 0.29) is 43.8 Å². The van der Waals surface area contributed by atoms with Crippen LogP contribution in [0.15, 0.2) is 48.5 Å².